The number of carbonyl (C=O) groups excluding carboxylic acids is 2. The largest absolute Gasteiger partial charge is 0.481 e. The predicted octanol–water partition coefficient (Wildman–Crippen LogP) is 2.14. The van der Waals surface area contributed by atoms with Crippen LogP contribution < -0.4 is 5.32 Å². The number of hydrogen-bond acceptors (Lipinski definition) is 3. The Bertz CT molecular complexity index is 583. The zero-order valence-corrected chi connectivity index (χ0v) is 11.9. The number of nitrogens with one attached hydrogen (secondary N) is 1. The highest BCUT2D eigenvalue weighted by molar-refractivity contribution is 6.00. The third-order valence-corrected chi connectivity index (χ3v) is 3.52. The van der Waals surface area contributed by atoms with Crippen LogP contribution in [0.2, 0.25) is 0 Å². The van der Waals surface area contributed by atoms with Crippen molar-refractivity contribution in [1.29, 1.82) is 0 Å². The van der Waals surface area contributed by atoms with Crippen molar-refractivity contribution in [2.45, 2.75) is 25.7 Å². The Balaban J connectivity index is 2.03. The van der Waals surface area contributed by atoms with Crippen LogP contribution in [0, 0.1) is 0 Å². The monoisotopic (exact) mass is 290 g/mol. The number of carboxylic acid groups (broad SMARTS) is 1. The minimum absolute atomic E-state index is 0.103. The summed E-state index contributed by atoms with van der Waals surface area (Å²) in [5, 5.41) is 11.3. The van der Waals surface area contributed by atoms with E-state index in [9.17, 15) is 14.4 Å². The molecule has 0 radical (unpaired) electrons. The van der Waals surface area contributed by atoms with Crippen LogP contribution in [-0.2, 0) is 11.2 Å². The lowest BCUT2D eigenvalue weighted by atomic mass is 9.90. The van der Waals surface area contributed by atoms with Crippen LogP contribution in [0.4, 0.5) is 10.5 Å². The summed E-state index contributed by atoms with van der Waals surface area (Å²) in [6.07, 6.45) is 2.19. The molecule has 0 unspecified atom stereocenters. The van der Waals surface area contributed by atoms with Gasteiger partial charge in [0.2, 0.25) is 0 Å². The molecular weight excluding hydrogens is 272 g/mol. The maximum atomic E-state index is 11.9. The van der Waals surface area contributed by atoms with Crippen LogP contribution in [0.5, 0.6) is 0 Å². The molecule has 0 spiro atoms. The summed E-state index contributed by atoms with van der Waals surface area (Å²) in [4.78, 5) is 35.5. The Hall–Kier alpha value is -2.37. The summed E-state index contributed by atoms with van der Waals surface area (Å²) >= 11 is 0. The molecule has 6 heteroatoms. The van der Waals surface area contributed by atoms with Gasteiger partial charge in [0.05, 0.1) is 6.42 Å². The molecule has 0 atom stereocenters. The second-order valence-electron chi connectivity index (χ2n) is 5.14. The molecule has 1 aliphatic rings. The fourth-order valence-electron chi connectivity index (χ4n) is 2.29. The Morgan fingerprint density at radius 1 is 1.33 bits per heavy atom. The SMILES string of the molecule is CN(CCC(=O)O)C(=O)Nc1ccc2c(c1)C(=O)CCC2. The number of amides is 2. The lowest BCUT2D eigenvalue weighted by Crippen LogP contribution is -2.33. The van der Waals surface area contributed by atoms with Gasteiger partial charge in [-0.3, -0.25) is 9.59 Å². The van der Waals surface area contributed by atoms with E-state index < -0.39 is 5.97 Å². The molecule has 1 aromatic carbocycles. The highest BCUT2D eigenvalue weighted by Crippen LogP contribution is 2.24. The van der Waals surface area contributed by atoms with Gasteiger partial charge in [0.15, 0.2) is 5.78 Å². The van der Waals surface area contributed by atoms with E-state index in [0.717, 1.165) is 18.4 Å². The van der Waals surface area contributed by atoms with Crippen LogP contribution in [0.3, 0.4) is 0 Å². The second kappa shape index (κ2) is 6.39. The number of fused-ring (bicyclic) bond motifs is 1. The quantitative estimate of drug-likeness (QED) is 0.889. The first-order valence-corrected chi connectivity index (χ1v) is 6.87. The maximum Gasteiger partial charge on any atom is 0.321 e. The molecule has 112 valence electrons. The fraction of sp³-hybridized carbons (Fsp3) is 0.400. The minimum Gasteiger partial charge on any atom is -0.481 e. The van der Waals surface area contributed by atoms with Crippen molar-refractivity contribution in [2.24, 2.45) is 0 Å². The van der Waals surface area contributed by atoms with Gasteiger partial charge in [0, 0.05) is 31.3 Å². The average Bonchev–Trinajstić information content (AvgIpc) is 2.45. The molecule has 0 aliphatic heterocycles. The number of hydrogen-bond donors (Lipinski definition) is 2. The van der Waals surface area contributed by atoms with E-state index in [4.69, 9.17) is 5.11 Å². The van der Waals surface area contributed by atoms with E-state index in [0.29, 0.717) is 17.7 Å². The summed E-state index contributed by atoms with van der Waals surface area (Å²) in [6.45, 7) is 0.130. The summed E-state index contributed by atoms with van der Waals surface area (Å²) in [7, 11) is 1.53. The van der Waals surface area contributed by atoms with Crippen molar-refractivity contribution < 1.29 is 19.5 Å². The second-order valence-corrected chi connectivity index (χ2v) is 5.14. The molecule has 0 bridgehead atoms. The van der Waals surface area contributed by atoms with Crippen LogP contribution in [0.25, 0.3) is 0 Å². The lowest BCUT2D eigenvalue weighted by Gasteiger charge is -2.19. The predicted molar refractivity (Wildman–Crippen MR) is 77.6 cm³/mol. The van der Waals surface area contributed by atoms with Crippen LogP contribution in [0.1, 0.15) is 35.2 Å². The van der Waals surface area contributed by atoms with E-state index in [2.05, 4.69) is 5.32 Å². The number of urea groups is 1. The molecule has 0 saturated carbocycles. The summed E-state index contributed by atoms with van der Waals surface area (Å²) in [6, 6.07) is 4.93. The Labute approximate surface area is 122 Å². The van der Waals surface area contributed by atoms with E-state index in [-0.39, 0.29) is 24.8 Å². The summed E-state index contributed by atoms with van der Waals surface area (Å²) in [5.74, 6) is -0.847. The Morgan fingerprint density at radius 3 is 2.81 bits per heavy atom. The molecule has 0 heterocycles. The zero-order chi connectivity index (χ0) is 15.4. The molecule has 2 rings (SSSR count). The number of aliphatic carboxylic acids is 1. The highest BCUT2D eigenvalue weighted by Gasteiger charge is 2.18. The third kappa shape index (κ3) is 3.81. The minimum atomic E-state index is -0.950. The van der Waals surface area contributed by atoms with Crippen molar-refractivity contribution in [3.05, 3.63) is 29.3 Å². The van der Waals surface area contributed by atoms with E-state index in [1.165, 1.54) is 11.9 Å². The first kappa shape index (κ1) is 15.0. The molecular formula is C15H18N2O4. The van der Waals surface area contributed by atoms with Gasteiger partial charge in [-0.15, -0.1) is 0 Å². The Morgan fingerprint density at radius 2 is 2.10 bits per heavy atom. The molecule has 1 aromatic rings. The van der Waals surface area contributed by atoms with E-state index in [1.807, 2.05) is 6.07 Å². The molecule has 2 N–H and O–H groups in total. The van der Waals surface area contributed by atoms with Gasteiger partial charge >= 0.3 is 12.0 Å². The number of anilines is 1. The number of ketones is 1. The van der Waals surface area contributed by atoms with E-state index in [1.54, 1.807) is 12.1 Å². The number of carboxylic acids is 1. The maximum absolute atomic E-state index is 11.9. The van der Waals surface area contributed by atoms with Crippen molar-refractivity contribution in [3.8, 4) is 0 Å². The van der Waals surface area contributed by atoms with Crippen molar-refractivity contribution >= 4 is 23.5 Å². The van der Waals surface area contributed by atoms with Gasteiger partial charge in [0.1, 0.15) is 0 Å². The zero-order valence-electron chi connectivity index (χ0n) is 11.9. The normalized spacial score (nSPS) is 13.5. The van der Waals surface area contributed by atoms with Crippen LogP contribution in [-0.4, -0.2) is 41.4 Å². The van der Waals surface area contributed by atoms with Crippen molar-refractivity contribution in [3.63, 3.8) is 0 Å². The van der Waals surface area contributed by atoms with Gasteiger partial charge in [-0.05, 0) is 30.5 Å². The third-order valence-electron chi connectivity index (χ3n) is 3.52. The molecule has 0 saturated heterocycles. The highest BCUT2D eigenvalue weighted by atomic mass is 16.4. The summed E-state index contributed by atoms with van der Waals surface area (Å²) < 4.78 is 0. The molecule has 0 fully saturated rings. The standard InChI is InChI=1S/C15H18N2O4/c1-17(8-7-14(19)20)15(21)16-11-6-5-10-3-2-4-13(18)12(10)9-11/h5-6,9H,2-4,7-8H2,1H3,(H,16,21)(H,19,20). The van der Waals surface area contributed by atoms with Gasteiger partial charge in [-0.25, -0.2) is 4.79 Å². The first-order chi connectivity index (χ1) is 9.97. The average molecular weight is 290 g/mol. The smallest absolute Gasteiger partial charge is 0.321 e. The first-order valence-electron chi connectivity index (χ1n) is 6.87. The molecule has 1 aliphatic carbocycles. The lowest BCUT2D eigenvalue weighted by molar-refractivity contribution is -0.137. The molecule has 21 heavy (non-hydrogen) atoms. The van der Waals surface area contributed by atoms with Gasteiger partial charge in [0.25, 0.3) is 0 Å². The van der Waals surface area contributed by atoms with Gasteiger partial charge < -0.3 is 15.3 Å². The van der Waals surface area contributed by atoms with Gasteiger partial charge in [-0.1, -0.05) is 6.07 Å². The molecule has 0 aromatic heterocycles. The number of rotatable bonds is 4. The number of carbonyl (C=O) groups is 3. The Kier molecular flexibility index (Phi) is 4.57. The van der Waals surface area contributed by atoms with E-state index >= 15 is 0 Å². The topological polar surface area (TPSA) is 86.7 Å². The van der Waals surface area contributed by atoms with Crippen molar-refractivity contribution in [2.75, 3.05) is 18.9 Å². The fourth-order valence-corrected chi connectivity index (χ4v) is 2.29. The van der Waals surface area contributed by atoms with Crippen LogP contribution in [0.15, 0.2) is 18.2 Å². The summed E-state index contributed by atoms with van der Waals surface area (Å²) in [5.41, 5.74) is 2.24. The number of aryl methyl sites for hydroxylation is 1. The van der Waals surface area contributed by atoms with Gasteiger partial charge in [-0.2, -0.15) is 0 Å². The van der Waals surface area contributed by atoms with Crippen molar-refractivity contribution in [1.82, 2.24) is 4.90 Å². The number of nitrogens with zero attached hydrogens (tertiary/aromatic N) is 1. The molecule has 2 amide bonds. The molecule has 6 nitrogen and oxygen atoms in total. The number of Topliss-reactive ketones (excluding diaryl/α,β-unsaturated/α-hetero) is 1. The number of benzene rings is 1. The van der Waals surface area contributed by atoms with Crippen LogP contribution >= 0.6 is 0 Å².